The Labute approximate surface area is 267 Å². The highest BCUT2D eigenvalue weighted by molar-refractivity contribution is 6.36. The van der Waals surface area contributed by atoms with E-state index in [2.05, 4.69) is 11.5 Å². The molecule has 0 aliphatic carbocycles. The number of unbranched alkanes of at least 4 members (excludes halogenated alkanes) is 1. The molecule has 10 heteroatoms. The van der Waals surface area contributed by atoms with Crippen molar-refractivity contribution in [3.05, 3.63) is 99.9 Å². The minimum Gasteiger partial charge on any atom is -0.478 e. The van der Waals surface area contributed by atoms with Crippen molar-refractivity contribution in [2.24, 2.45) is 0 Å². The number of hydrogen-bond donors (Lipinski definition) is 1. The smallest absolute Gasteiger partial charge is 0.335 e. The van der Waals surface area contributed by atoms with E-state index in [1.165, 1.54) is 12.1 Å². The van der Waals surface area contributed by atoms with E-state index in [-0.39, 0.29) is 17.7 Å². The summed E-state index contributed by atoms with van der Waals surface area (Å²) in [6.07, 6.45) is 5.77. The van der Waals surface area contributed by atoms with Crippen LogP contribution in [0.2, 0.25) is 10.0 Å². The van der Waals surface area contributed by atoms with Crippen molar-refractivity contribution in [2.75, 3.05) is 6.61 Å². The van der Waals surface area contributed by atoms with E-state index in [1.54, 1.807) is 31.2 Å². The number of amides is 1. The zero-order valence-corrected chi connectivity index (χ0v) is 26.2. The van der Waals surface area contributed by atoms with Gasteiger partial charge in [0.15, 0.2) is 0 Å². The summed E-state index contributed by atoms with van der Waals surface area (Å²) in [5, 5.41) is 10.2. The zero-order chi connectivity index (χ0) is 31.2. The monoisotopic (exact) mass is 635 g/mol. The van der Waals surface area contributed by atoms with Crippen LogP contribution < -0.4 is 4.74 Å². The Kier molecular flexibility index (Phi) is 10.3. The van der Waals surface area contributed by atoms with Gasteiger partial charge in [-0.3, -0.25) is 4.79 Å². The van der Waals surface area contributed by atoms with E-state index in [4.69, 9.17) is 42.8 Å². The Bertz CT molecular complexity index is 1600. The van der Waals surface area contributed by atoms with Crippen LogP contribution in [0, 0.1) is 0 Å². The van der Waals surface area contributed by atoms with Crippen LogP contribution in [-0.4, -0.2) is 44.3 Å². The second-order valence-corrected chi connectivity index (χ2v) is 11.7. The lowest BCUT2D eigenvalue weighted by atomic mass is 10.0. The maximum atomic E-state index is 13.3. The highest BCUT2D eigenvalue weighted by Gasteiger charge is 2.35. The molecule has 3 aromatic carbocycles. The third-order valence-electron chi connectivity index (χ3n) is 7.67. The van der Waals surface area contributed by atoms with Crippen molar-refractivity contribution in [1.82, 2.24) is 14.5 Å². The van der Waals surface area contributed by atoms with Crippen molar-refractivity contribution in [3.8, 4) is 22.8 Å². The molecule has 2 atom stereocenters. The highest BCUT2D eigenvalue weighted by Crippen LogP contribution is 2.36. The molecule has 44 heavy (non-hydrogen) atoms. The minimum absolute atomic E-state index is 0.0808. The topological polar surface area (TPSA) is 93.9 Å². The van der Waals surface area contributed by atoms with Gasteiger partial charge in [-0.15, -0.1) is 0 Å². The van der Waals surface area contributed by atoms with Gasteiger partial charge in [0.25, 0.3) is 0 Å². The number of benzene rings is 3. The number of imidazole rings is 1. The number of carbonyl (C=O) groups excluding carboxylic acids is 1. The molecule has 0 spiro atoms. The number of carboxylic acids is 1. The Balaban J connectivity index is 1.49. The van der Waals surface area contributed by atoms with Crippen LogP contribution in [0.4, 0.5) is 0 Å². The van der Waals surface area contributed by atoms with Crippen molar-refractivity contribution in [3.63, 3.8) is 0 Å². The molecule has 1 amide bonds. The average molecular weight is 637 g/mol. The van der Waals surface area contributed by atoms with Gasteiger partial charge in [0.2, 0.25) is 5.91 Å². The quantitative estimate of drug-likeness (QED) is 0.168. The third-order valence-corrected chi connectivity index (χ3v) is 8.22. The van der Waals surface area contributed by atoms with E-state index < -0.39 is 12.0 Å². The van der Waals surface area contributed by atoms with E-state index in [1.807, 2.05) is 41.4 Å². The number of nitrogens with zero attached hydrogens (tertiary/aromatic N) is 3. The summed E-state index contributed by atoms with van der Waals surface area (Å²) in [7, 11) is 0. The zero-order valence-electron chi connectivity index (χ0n) is 24.7. The number of rotatable bonds is 12. The van der Waals surface area contributed by atoms with Crippen LogP contribution in [-0.2, 0) is 22.5 Å². The van der Waals surface area contributed by atoms with Gasteiger partial charge in [-0.05, 0) is 79.4 Å². The van der Waals surface area contributed by atoms with Crippen LogP contribution in [0.15, 0.2) is 72.9 Å². The molecule has 230 valence electrons. The van der Waals surface area contributed by atoms with Crippen molar-refractivity contribution in [2.45, 2.75) is 64.8 Å². The fourth-order valence-electron chi connectivity index (χ4n) is 5.47. The first-order valence-electron chi connectivity index (χ1n) is 14.8. The number of ether oxygens (including phenoxy) is 2. The van der Waals surface area contributed by atoms with Crippen molar-refractivity contribution in [1.29, 1.82) is 0 Å². The van der Waals surface area contributed by atoms with Crippen LogP contribution in [0.25, 0.3) is 11.3 Å². The number of carbonyl (C=O) groups is 2. The van der Waals surface area contributed by atoms with Crippen LogP contribution in [0.3, 0.4) is 0 Å². The molecule has 2 unspecified atom stereocenters. The SMILES string of the molecule is CCCCn1cc(-c2ccc(Cl)cc2Cl)nc1C(Cc1ccc(Oc2ccc(C(=O)O)cc2)cc1)N(C(C)=O)C1CCCO1. The van der Waals surface area contributed by atoms with Gasteiger partial charge in [-0.1, -0.05) is 48.7 Å². The predicted molar refractivity (Wildman–Crippen MR) is 170 cm³/mol. The summed E-state index contributed by atoms with van der Waals surface area (Å²) in [6, 6.07) is 18.9. The predicted octanol–water partition coefficient (Wildman–Crippen LogP) is 8.42. The number of aromatic carboxylic acids is 1. The fraction of sp³-hybridized carbons (Fsp3) is 0.324. The Morgan fingerprint density at radius 1 is 1.09 bits per heavy atom. The molecule has 0 saturated carbocycles. The molecule has 4 aromatic rings. The van der Waals surface area contributed by atoms with Gasteiger partial charge in [-0.25, -0.2) is 9.78 Å². The van der Waals surface area contributed by atoms with Gasteiger partial charge >= 0.3 is 5.97 Å². The molecule has 1 fully saturated rings. The van der Waals surface area contributed by atoms with E-state index >= 15 is 0 Å². The largest absolute Gasteiger partial charge is 0.478 e. The Hall–Kier alpha value is -3.85. The summed E-state index contributed by atoms with van der Waals surface area (Å²) in [5.74, 6) is 0.844. The Morgan fingerprint density at radius 2 is 1.80 bits per heavy atom. The standard InChI is InChI=1S/C34H35Cl2N3O5/c1-3-4-17-38-21-30(28-16-11-25(35)20-29(28)36)37-33(38)31(39(22(2)40)32-6-5-18-43-32)19-23-7-12-26(13-8-23)44-27-14-9-24(10-15-27)34(41)42/h7-16,20-21,31-32H,3-6,17-19H2,1-2H3,(H,41,42). The number of aryl methyl sites for hydroxylation is 1. The molecule has 1 aliphatic rings. The summed E-state index contributed by atoms with van der Waals surface area (Å²) in [5.41, 5.74) is 2.68. The molecular weight excluding hydrogens is 601 g/mol. The fourth-order valence-corrected chi connectivity index (χ4v) is 5.97. The molecular formula is C34H35Cl2N3O5. The van der Waals surface area contributed by atoms with Gasteiger partial charge in [-0.2, -0.15) is 0 Å². The first kappa shape index (κ1) is 31.6. The molecule has 0 bridgehead atoms. The summed E-state index contributed by atoms with van der Waals surface area (Å²) < 4.78 is 14.1. The summed E-state index contributed by atoms with van der Waals surface area (Å²) in [6.45, 7) is 5.07. The molecule has 0 radical (unpaired) electrons. The maximum Gasteiger partial charge on any atom is 0.335 e. The number of halogens is 2. The van der Waals surface area contributed by atoms with E-state index in [9.17, 15) is 9.59 Å². The normalized spacial score (nSPS) is 15.2. The maximum absolute atomic E-state index is 13.3. The third kappa shape index (κ3) is 7.44. The van der Waals surface area contributed by atoms with Crippen LogP contribution in [0.1, 0.15) is 67.3 Å². The van der Waals surface area contributed by atoms with Gasteiger partial charge in [0, 0.05) is 43.3 Å². The second-order valence-electron chi connectivity index (χ2n) is 10.8. The molecule has 5 rings (SSSR count). The lowest BCUT2D eigenvalue weighted by Crippen LogP contribution is -2.43. The Morgan fingerprint density at radius 3 is 2.39 bits per heavy atom. The highest BCUT2D eigenvalue weighted by atomic mass is 35.5. The van der Waals surface area contributed by atoms with Crippen LogP contribution in [0.5, 0.6) is 11.5 Å². The van der Waals surface area contributed by atoms with Crippen molar-refractivity contribution < 1.29 is 24.2 Å². The molecule has 1 saturated heterocycles. The lowest BCUT2D eigenvalue weighted by Gasteiger charge is -2.35. The molecule has 1 aliphatic heterocycles. The average Bonchev–Trinajstić information content (AvgIpc) is 3.67. The molecule has 1 aromatic heterocycles. The van der Waals surface area contributed by atoms with Crippen LogP contribution >= 0.6 is 23.2 Å². The summed E-state index contributed by atoms with van der Waals surface area (Å²) in [4.78, 5) is 31.4. The number of hydrogen-bond acceptors (Lipinski definition) is 5. The van der Waals surface area contributed by atoms with Crippen molar-refractivity contribution >= 4 is 35.1 Å². The first-order valence-corrected chi connectivity index (χ1v) is 15.5. The van der Waals surface area contributed by atoms with E-state index in [0.717, 1.165) is 54.9 Å². The minimum atomic E-state index is -0.989. The van der Waals surface area contributed by atoms with Gasteiger partial charge in [0.1, 0.15) is 23.6 Å². The van der Waals surface area contributed by atoms with E-state index in [0.29, 0.717) is 34.6 Å². The molecule has 1 N–H and O–H groups in total. The number of carboxylic acid groups (broad SMARTS) is 1. The van der Waals surface area contributed by atoms with Gasteiger partial charge in [0.05, 0.1) is 22.3 Å². The lowest BCUT2D eigenvalue weighted by molar-refractivity contribution is -0.145. The molecule has 2 heterocycles. The second kappa shape index (κ2) is 14.3. The first-order chi connectivity index (χ1) is 21.2. The van der Waals surface area contributed by atoms with Gasteiger partial charge < -0.3 is 24.0 Å². The number of aromatic nitrogens is 2. The molecule has 8 nitrogen and oxygen atoms in total. The summed E-state index contributed by atoms with van der Waals surface area (Å²) >= 11 is 12.8.